The Bertz CT molecular complexity index is 973. The topological polar surface area (TPSA) is 84.9 Å². The zero-order valence-corrected chi connectivity index (χ0v) is 17.7. The average molecular weight is 419 g/mol. The molecule has 0 saturated heterocycles. The number of aryl methyl sites for hydroxylation is 1. The van der Waals surface area contributed by atoms with Gasteiger partial charge in [-0.1, -0.05) is 36.8 Å². The van der Waals surface area contributed by atoms with Gasteiger partial charge in [-0.05, 0) is 31.0 Å². The number of rotatable bonds is 7. The maximum Gasteiger partial charge on any atom is 0.241 e. The Kier molecular flexibility index (Phi) is 6.32. The van der Waals surface area contributed by atoms with Crippen LogP contribution in [0.3, 0.4) is 0 Å². The van der Waals surface area contributed by atoms with Crippen molar-refractivity contribution in [3.63, 3.8) is 0 Å². The molecule has 1 unspecified atom stereocenters. The van der Waals surface area contributed by atoms with Crippen LogP contribution in [-0.4, -0.2) is 40.3 Å². The van der Waals surface area contributed by atoms with Crippen molar-refractivity contribution in [3.8, 4) is 11.5 Å². The summed E-state index contributed by atoms with van der Waals surface area (Å²) in [5.74, 6) is 0.648. The number of benzene rings is 2. The van der Waals surface area contributed by atoms with Gasteiger partial charge >= 0.3 is 0 Å². The van der Waals surface area contributed by atoms with Crippen LogP contribution in [0, 0.1) is 6.92 Å². The summed E-state index contributed by atoms with van der Waals surface area (Å²) in [7, 11) is -3.68. The number of carbonyl (C=O) groups excluding carboxylic acids is 1. The number of carbonyl (C=O) groups is 1. The van der Waals surface area contributed by atoms with Crippen LogP contribution in [0.25, 0.3) is 0 Å². The zero-order valence-electron chi connectivity index (χ0n) is 16.8. The largest absolute Gasteiger partial charge is 0.486 e. The molecular formula is C21H26N2O5S. The summed E-state index contributed by atoms with van der Waals surface area (Å²) in [6.07, 6.45) is 1.77. The van der Waals surface area contributed by atoms with Crippen LogP contribution < -0.4 is 19.1 Å². The van der Waals surface area contributed by atoms with E-state index in [2.05, 4.69) is 5.32 Å². The maximum atomic E-state index is 12.7. The van der Waals surface area contributed by atoms with Crippen LogP contribution in [0.15, 0.2) is 42.5 Å². The Hall–Kier alpha value is -2.74. The summed E-state index contributed by atoms with van der Waals surface area (Å²) in [6, 6.07) is 12.6. The number of nitrogens with zero attached hydrogens (tertiary/aromatic N) is 1. The third-order valence-corrected chi connectivity index (χ3v) is 5.87. The minimum absolute atomic E-state index is 0.190. The molecule has 0 aliphatic carbocycles. The van der Waals surface area contributed by atoms with Gasteiger partial charge in [0.2, 0.25) is 15.9 Å². The van der Waals surface area contributed by atoms with Crippen molar-refractivity contribution in [1.29, 1.82) is 0 Å². The standard InChI is InChI=1S/C21H26N2O5S/c1-4-18(16-7-5-15(2)6-8-16)22-21(24)14-23(29(3,25)26)17-9-10-19-20(13-17)28-12-11-27-19/h5-10,13,18H,4,11-12,14H2,1-3H3,(H,22,24). The number of hydrogen-bond acceptors (Lipinski definition) is 5. The van der Waals surface area contributed by atoms with Gasteiger partial charge in [-0.2, -0.15) is 0 Å². The number of fused-ring (bicyclic) bond motifs is 1. The van der Waals surface area contributed by atoms with E-state index >= 15 is 0 Å². The molecule has 1 amide bonds. The molecule has 0 spiro atoms. The molecule has 0 aromatic heterocycles. The highest BCUT2D eigenvalue weighted by atomic mass is 32.2. The highest BCUT2D eigenvalue weighted by Gasteiger charge is 2.24. The predicted octanol–water partition coefficient (Wildman–Crippen LogP) is 2.80. The van der Waals surface area contributed by atoms with Crippen LogP contribution in [-0.2, 0) is 14.8 Å². The predicted molar refractivity (Wildman–Crippen MR) is 112 cm³/mol. The Morgan fingerprint density at radius 1 is 1.10 bits per heavy atom. The Morgan fingerprint density at radius 2 is 1.76 bits per heavy atom. The Labute approximate surface area is 171 Å². The first-order valence-electron chi connectivity index (χ1n) is 9.51. The van der Waals surface area contributed by atoms with Gasteiger partial charge in [-0.25, -0.2) is 8.42 Å². The molecule has 3 rings (SSSR count). The van der Waals surface area contributed by atoms with Gasteiger partial charge in [0, 0.05) is 6.07 Å². The first kappa shape index (κ1) is 21.0. The number of sulfonamides is 1. The smallest absolute Gasteiger partial charge is 0.241 e. The van der Waals surface area contributed by atoms with Crippen molar-refractivity contribution in [3.05, 3.63) is 53.6 Å². The van der Waals surface area contributed by atoms with Crippen molar-refractivity contribution in [2.24, 2.45) is 0 Å². The number of ether oxygens (including phenoxy) is 2. The molecule has 0 fully saturated rings. The van der Waals surface area contributed by atoms with Gasteiger partial charge in [-0.15, -0.1) is 0 Å². The molecule has 1 aliphatic rings. The molecular weight excluding hydrogens is 392 g/mol. The van der Waals surface area contributed by atoms with Gasteiger partial charge < -0.3 is 14.8 Å². The second-order valence-electron chi connectivity index (χ2n) is 7.04. The molecule has 0 bridgehead atoms. The summed E-state index contributed by atoms with van der Waals surface area (Å²) in [6.45, 7) is 4.49. The lowest BCUT2D eigenvalue weighted by molar-refractivity contribution is -0.120. The van der Waals surface area contributed by atoms with Crippen molar-refractivity contribution in [1.82, 2.24) is 5.32 Å². The minimum Gasteiger partial charge on any atom is -0.486 e. The molecule has 8 heteroatoms. The number of anilines is 1. The van der Waals surface area contributed by atoms with Gasteiger partial charge in [-0.3, -0.25) is 9.10 Å². The fourth-order valence-electron chi connectivity index (χ4n) is 3.18. The summed E-state index contributed by atoms with van der Waals surface area (Å²) in [5.41, 5.74) is 2.48. The Balaban J connectivity index is 1.78. The van der Waals surface area contributed by atoms with Crippen molar-refractivity contribution in [2.75, 3.05) is 30.3 Å². The van der Waals surface area contributed by atoms with Gasteiger partial charge in [0.15, 0.2) is 11.5 Å². The normalized spacial score (nSPS) is 14.2. The van der Waals surface area contributed by atoms with E-state index in [4.69, 9.17) is 9.47 Å². The van der Waals surface area contributed by atoms with E-state index < -0.39 is 10.0 Å². The molecule has 1 aliphatic heterocycles. The van der Waals surface area contributed by atoms with Crippen molar-refractivity contribution in [2.45, 2.75) is 26.3 Å². The van der Waals surface area contributed by atoms with Crippen molar-refractivity contribution < 1.29 is 22.7 Å². The fourth-order valence-corrected chi connectivity index (χ4v) is 4.03. The van der Waals surface area contributed by atoms with E-state index in [1.807, 2.05) is 38.1 Å². The number of hydrogen-bond donors (Lipinski definition) is 1. The zero-order chi connectivity index (χ0) is 21.0. The molecule has 7 nitrogen and oxygen atoms in total. The third kappa shape index (κ3) is 5.20. The van der Waals surface area contributed by atoms with E-state index in [0.717, 1.165) is 21.7 Å². The third-order valence-electron chi connectivity index (χ3n) is 4.72. The lowest BCUT2D eigenvalue weighted by Crippen LogP contribution is -2.41. The second-order valence-corrected chi connectivity index (χ2v) is 8.94. The fraction of sp³-hybridized carbons (Fsp3) is 0.381. The van der Waals surface area contributed by atoms with Crippen LogP contribution in [0.1, 0.15) is 30.5 Å². The van der Waals surface area contributed by atoms with E-state index in [-0.39, 0.29) is 18.5 Å². The molecule has 156 valence electrons. The molecule has 1 heterocycles. The Morgan fingerprint density at radius 3 is 2.38 bits per heavy atom. The lowest BCUT2D eigenvalue weighted by Gasteiger charge is -2.26. The monoisotopic (exact) mass is 418 g/mol. The molecule has 2 aromatic rings. The minimum atomic E-state index is -3.68. The first-order valence-corrected chi connectivity index (χ1v) is 11.4. The summed E-state index contributed by atoms with van der Waals surface area (Å²) in [5, 5.41) is 2.94. The molecule has 29 heavy (non-hydrogen) atoms. The van der Waals surface area contributed by atoms with Gasteiger partial charge in [0.25, 0.3) is 0 Å². The average Bonchev–Trinajstić information content (AvgIpc) is 2.70. The molecule has 1 N–H and O–H groups in total. The van der Waals surface area contributed by atoms with Crippen LogP contribution in [0.4, 0.5) is 5.69 Å². The molecule has 2 aromatic carbocycles. The lowest BCUT2D eigenvalue weighted by atomic mass is 10.0. The van der Waals surface area contributed by atoms with E-state index in [1.54, 1.807) is 18.2 Å². The van der Waals surface area contributed by atoms with E-state index in [0.29, 0.717) is 36.8 Å². The summed E-state index contributed by atoms with van der Waals surface area (Å²) < 4.78 is 36.8. The van der Waals surface area contributed by atoms with Crippen molar-refractivity contribution >= 4 is 21.6 Å². The highest BCUT2D eigenvalue weighted by molar-refractivity contribution is 7.92. The molecule has 0 saturated carbocycles. The van der Waals surface area contributed by atoms with Crippen LogP contribution in [0.5, 0.6) is 11.5 Å². The summed E-state index contributed by atoms with van der Waals surface area (Å²) in [4.78, 5) is 12.7. The number of amides is 1. The van der Waals surface area contributed by atoms with E-state index in [1.165, 1.54) is 0 Å². The van der Waals surface area contributed by atoms with Gasteiger partial charge in [0.05, 0.1) is 18.0 Å². The van der Waals surface area contributed by atoms with Crippen LogP contribution >= 0.6 is 0 Å². The molecule has 0 radical (unpaired) electrons. The number of nitrogens with one attached hydrogen (secondary N) is 1. The first-order chi connectivity index (χ1) is 13.8. The summed E-state index contributed by atoms with van der Waals surface area (Å²) >= 11 is 0. The van der Waals surface area contributed by atoms with Crippen LogP contribution in [0.2, 0.25) is 0 Å². The van der Waals surface area contributed by atoms with Gasteiger partial charge in [0.1, 0.15) is 19.8 Å². The SMILES string of the molecule is CCC(NC(=O)CN(c1ccc2c(c1)OCCO2)S(C)(=O)=O)c1ccc(C)cc1. The highest BCUT2D eigenvalue weighted by Crippen LogP contribution is 2.34. The maximum absolute atomic E-state index is 12.7. The quantitative estimate of drug-likeness (QED) is 0.747. The van der Waals surface area contributed by atoms with E-state index in [9.17, 15) is 13.2 Å². The second kappa shape index (κ2) is 8.73. The molecule has 1 atom stereocenters.